The first kappa shape index (κ1) is 10.7. The lowest BCUT2D eigenvalue weighted by atomic mass is 10.3. The van der Waals surface area contributed by atoms with E-state index in [4.69, 9.17) is 10.8 Å². The number of anilines is 2. The Hall–Kier alpha value is -1.78. The number of hydrogen-bond donors (Lipinski definition) is 3. The van der Waals surface area contributed by atoms with Gasteiger partial charge >= 0.3 is 5.97 Å². The molecule has 16 heavy (non-hydrogen) atoms. The van der Waals surface area contributed by atoms with Crippen molar-refractivity contribution in [2.24, 2.45) is 5.92 Å². The zero-order valence-corrected chi connectivity index (χ0v) is 8.94. The Morgan fingerprint density at radius 2 is 2.31 bits per heavy atom. The minimum absolute atomic E-state index is 0.0168. The van der Waals surface area contributed by atoms with E-state index in [0.717, 1.165) is 18.9 Å². The maximum absolute atomic E-state index is 10.7. The van der Waals surface area contributed by atoms with Gasteiger partial charge < -0.3 is 16.2 Å². The van der Waals surface area contributed by atoms with Crippen LogP contribution >= 0.6 is 0 Å². The molecule has 1 aromatic heterocycles. The van der Waals surface area contributed by atoms with E-state index >= 15 is 0 Å². The molecule has 5 heteroatoms. The molecule has 0 saturated heterocycles. The molecule has 0 radical (unpaired) electrons. The molecule has 5 nitrogen and oxygen atoms in total. The van der Waals surface area contributed by atoms with Crippen LogP contribution in [0.1, 0.15) is 29.8 Å². The first-order valence-corrected chi connectivity index (χ1v) is 5.40. The molecule has 0 atom stereocenters. The van der Waals surface area contributed by atoms with Gasteiger partial charge in [-0.25, -0.2) is 9.78 Å². The number of nitrogen functional groups attached to an aromatic ring is 1. The van der Waals surface area contributed by atoms with Gasteiger partial charge in [0.1, 0.15) is 5.82 Å². The fourth-order valence-electron chi connectivity index (χ4n) is 1.53. The average Bonchev–Trinajstić information content (AvgIpc) is 3.04. The predicted molar refractivity (Wildman–Crippen MR) is 61.4 cm³/mol. The van der Waals surface area contributed by atoms with Gasteiger partial charge in [-0.2, -0.15) is 0 Å². The number of carboxylic acids is 1. The quantitative estimate of drug-likeness (QED) is 0.702. The summed E-state index contributed by atoms with van der Waals surface area (Å²) in [6.45, 7) is 0.797. The van der Waals surface area contributed by atoms with E-state index in [1.54, 1.807) is 6.07 Å². The van der Waals surface area contributed by atoms with Crippen LogP contribution in [0.15, 0.2) is 12.1 Å². The van der Waals surface area contributed by atoms with Crippen molar-refractivity contribution in [1.29, 1.82) is 0 Å². The van der Waals surface area contributed by atoms with E-state index in [1.807, 2.05) is 0 Å². The van der Waals surface area contributed by atoms with Gasteiger partial charge in [0.25, 0.3) is 0 Å². The Morgan fingerprint density at radius 3 is 2.94 bits per heavy atom. The summed E-state index contributed by atoms with van der Waals surface area (Å²) in [5.41, 5.74) is 6.21. The number of nitrogens with one attached hydrogen (secondary N) is 1. The zero-order valence-electron chi connectivity index (χ0n) is 8.94. The standard InChI is InChI=1S/C11H15N3O2/c12-8-3-4-9(11(15)16)14-10(8)13-6-5-7-1-2-7/h3-4,7H,1-2,5-6,12H2,(H,13,14)(H,15,16). The summed E-state index contributed by atoms with van der Waals surface area (Å²) in [7, 11) is 0. The summed E-state index contributed by atoms with van der Waals surface area (Å²) in [4.78, 5) is 14.7. The maximum atomic E-state index is 10.7. The van der Waals surface area contributed by atoms with Crippen LogP contribution in [0.2, 0.25) is 0 Å². The van der Waals surface area contributed by atoms with Crippen LogP contribution in [0.5, 0.6) is 0 Å². The van der Waals surface area contributed by atoms with Crippen molar-refractivity contribution in [3.63, 3.8) is 0 Å². The molecule has 0 aromatic carbocycles. The highest BCUT2D eigenvalue weighted by molar-refractivity contribution is 5.86. The molecule has 1 saturated carbocycles. The van der Waals surface area contributed by atoms with Crippen LogP contribution in [-0.4, -0.2) is 22.6 Å². The summed E-state index contributed by atoms with van der Waals surface area (Å²) in [5.74, 6) is 0.266. The predicted octanol–water partition coefficient (Wildman–Crippen LogP) is 1.57. The van der Waals surface area contributed by atoms with E-state index in [1.165, 1.54) is 18.9 Å². The second-order valence-corrected chi connectivity index (χ2v) is 4.10. The first-order valence-electron chi connectivity index (χ1n) is 5.40. The van der Waals surface area contributed by atoms with Crippen molar-refractivity contribution in [3.8, 4) is 0 Å². The summed E-state index contributed by atoms with van der Waals surface area (Å²) < 4.78 is 0. The third-order valence-electron chi connectivity index (χ3n) is 2.69. The fraction of sp³-hybridized carbons (Fsp3) is 0.455. The third-order valence-corrected chi connectivity index (χ3v) is 2.69. The molecule has 1 heterocycles. The maximum Gasteiger partial charge on any atom is 0.354 e. The van der Waals surface area contributed by atoms with Crippen molar-refractivity contribution < 1.29 is 9.90 Å². The van der Waals surface area contributed by atoms with E-state index in [9.17, 15) is 4.79 Å². The molecule has 1 aliphatic carbocycles. The molecule has 86 valence electrons. The molecule has 1 aromatic rings. The van der Waals surface area contributed by atoms with Gasteiger partial charge in [0, 0.05) is 6.54 Å². The molecule has 0 spiro atoms. The van der Waals surface area contributed by atoms with E-state index in [2.05, 4.69) is 10.3 Å². The van der Waals surface area contributed by atoms with Gasteiger partial charge in [0.2, 0.25) is 0 Å². The lowest BCUT2D eigenvalue weighted by Gasteiger charge is -2.08. The molecule has 2 rings (SSSR count). The van der Waals surface area contributed by atoms with Gasteiger partial charge in [-0.05, 0) is 24.5 Å². The van der Waals surface area contributed by atoms with E-state index in [-0.39, 0.29) is 5.69 Å². The van der Waals surface area contributed by atoms with Crippen molar-refractivity contribution in [2.75, 3.05) is 17.6 Å². The molecule has 0 unspecified atom stereocenters. The summed E-state index contributed by atoms with van der Waals surface area (Å²) in [6.07, 6.45) is 3.71. The number of nitrogens with two attached hydrogens (primary N) is 1. The molecule has 1 aliphatic rings. The summed E-state index contributed by atoms with van der Waals surface area (Å²) in [6, 6.07) is 2.97. The number of aromatic carboxylic acids is 1. The Kier molecular flexibility index (Phi) is 2.94. The van der Waals surface area contributed by atoms with Crippen LogP contribution in [0, 0.1) is 5.92 Å². The van der Waals surface area contributed by atoms with Crippen LogP contribution in [0.4, 0.5) is 11.5 Å². The minimum Gasteiger partial charge on any atom is -0.477 e. The molecule has 1 fully saturated rings. The first-order chi connectivity index (χ1) is 7.66. The van der Waals surface area contributed by atoms with E-state index < -0.39 is 5.97 Å². The Morgan fingerprint density at radius 1 is 1.56 bits per heavy atom. The van der Waals surface area contributed by atoms with Crippen molar-refractivity contribution in [3.05, 3.63) is 17.8 Å². The number of carbonyl (C=O) groups is 1. The van der Waals surface area contributed by atoms with Gasteiger partial charge in [-0.15, -0.1) is 0 Å². The molecular weight excluding hydrogens is 206 g/mol. The highest BCUT2D eigenvalue weighted by atomic mass is 16.4. The number of nitrogens with zero attached hydrogens (tertiary/aromatic N) is 1. The molecule has 4 N–H and O–H groups in total. The van der Waals surface area contributed by atoms with Crippen LogP contribution in [0.3, 0.4) is 0 Å². The molecule has 0 amide bonds. The third kappa shape index (κ3) is 2.62. The molecule has 0 bridgehead atoms. The number of pyridine rings is 1. The monoisotopic (exact) mass is 221 g/mol. The van der Waals surface area contributed by atoms with Crippen LogP contribution in [0.25, 0.3) is 0 Å². The Labute approximate surface area is 93.7 Å². The topological polar surface area (TPSA) is 88.2 Å². The molecular formula is C11H15N3O2. The van der Waals surface area contributed by atoms with Gasteiger partial charge in [0.05, 0.1) is 5.69 Å². The van der Waals surface area contributed by atoms with E-state index in [0.29, 0.717) is 11.5 Å². The Bertz CT molecular complexity index is 402. The highest BCUT2D eigenvalue weighted by Crippen LogP contribution is 2.32. The van der Waals surface area contributed by atoms with Gasteiger partial charge in [-0.1, -0.05) is 12.8 Å². The van der Waals surface area contributed by atoms with Crippen LogP contribution < -0.4 is 11.1 Å². The SMILES string of the molecule is Nc1ccc(C(=O)O)nc1NCCC1CC1. The summed E-state index contributed by atoms with van der Waals surface area (Å²) >= 11 is 0. The lowest BCUT2D eigenvalue weighted by molar-refractivity contribution is 0.0690. The smallest absolute Gasteiger partial charge is 0.354 e. The number of rotatable bonds is 5. The number of hydrogen-bond acceptors (Lipinski definition) is 4. The lowest BCUT2D eigenvalue weighted by Crippen LogP contribution is -2.10. The van der Waals surface area contributed by atoms with Crippen LogP contribution in [-0.2, 0) is 0 Å². The van der Waals surface area contributed by atoms with Gasteiger partial charge in [-0.3, -0.25) is 0 Å². The number of carboxylic acid groups (broad SMARTS) is 1. The minimum atomic E-state index is -1.04. The second-order valence-electron chi connectivity index (χ2n) is 4.10. The molecule has 0 aliphatic heterocycles. The van der Waals surface area contributed by atoms with Gasteiger partial charge in [0.15, 0.2) is 5.69 Å². The number of aromatic nitrogens is 1. The van der Waals surface area contributed by atoms with Crippen molar-refractivity contribution in [2.45, 2.75) is 19.3 Å². The largest absolute Gasteiger partial charge is 0.477 e. The average molecular weight is 221 g/mol. The summed E-state index contributed by atoms with van der Waals surface area (Å²) in [5, 5.41) is 11.9. The zero-order chi connectivity index (χ0) is 11.5. The fourth-order valence-corrected chi connectivity index (χ4v) is 1.53. The Balaban J connectivity index is 1.99. The van der Waals surface area contributed by atoms with Crippen molar-refractivity contribution in [1.82, 2.24) is 4.98 Å². The second kappa shape index (κ2) is 4.38. The highest BCUT2D eigenvalue weighted by Gasteiger charge is 2.20. The normalized spacial score (nSPS) is 14.8. The van der Waals surface area contributed by atoms with Crippen molar-refractivity contribution >= 4 is 17.5 Å².